The first-order valence-corrected chi connectivity index (χ1v) is 11.2. The molecule has 5 nitrogen and oxygen atoms in total. The van der Waals surface area contributed by atoms with Gasteiger partial charge in [-0.2, -0.15) is 5.10 Å². The van der Waals surface area contributed by atoms with Crippen molar-refractivity contribution in [1.82, 2.24) is 9.91 Å². The van der Waals surface area contributed by atoms with Gasteiger partial charge < -0.3 is 9.47 Å². The number of methoxy groups -OCH3 is 1. The number of halogens is 1. The average molecular weight is 450 g/mol. The van der Waals surface area contributed by atoms with Gasteiger partial charge in [0, 0.05) is 37.7 Å². The molecule has 3 aromatic carbocycles. The van der Waals surface area contributed by atoms with Gasteiger partial charge in [-0.25, -0.2) is 0 Å². The fraction of sp³-hybridized carbons (Fsp3) is 0.269. The Kier molecular flexibility index (Phi) is 7.64. The predicted molar refractivity (Wildman–Crippen MR) is 130 cm³/mol. The van der Waals surface area contributed by atoms with Gasteiger partial charge in [0.25, 0.3) is 0 Å². The monoisotopic (exact) mass is 449 g/mol. The topological polar surface area (TPSA) is 37.3 Å². The number of piperazine rings is 1. The van der Waals surface area contributed by atoms with Crippen LogP contribution in [0.4, 0.5) is 0 Å². The van der Waals surface area contributed by atoms with Gasteiger partial charge in [0.1, 0.15) is 6.61 Å². The zero-order chi connectivity index (χ0) is 22.2. The molecule has 1 heterocycles. The van der Waals surface area contributed by atoms with E-state index in [2.05, 4.69) is 27.1 Å². The van der Waals surface area contributed by atoms with Gasteiger partial charge in [-0.15, -0.1) is 0 Å². The summed E-state index contributed by atoms with van der Waals surface area (Å²) in [5, 5.41) is 7.59. The number of hydrazone groups is 1. The normalized spacial score (nSPS) is 14.6. The number of benzene rings is 3. The van der Waals surface area contributed by atoms with E-state index in [1.165, 1.54) is 5.56 Å². The third kappa shape index (κ3) is 6.25. The molecule has 166 valence electrons. The third-order valence-corrected chi connectivity index (χ3v) is 5.72. The lowest BCUT2D eigenvalue weighted by Gasteiger charge is -2.33. The second kappa shape index (κ2) is 11.0. The minimum Gasteiger partial charge on any atom is -0.493 e. The predicted octanol–water partition coefficient (Wildman–Crippen LogP) is 5.08. The van der Waals surface area contributed by atoms with E-state index >= 15 is 0 Å². The van der Waals surface area contributed by atoms with E-state index in [4.69, 9.17) is 21.1 Å². The summed E-state index contributed by atoms with van der Waals surface area (Å²) in [5.74, 6) is 1.43. The molecule has 1 aliphatic heterocycles. The molecule has 0 unspecified atom stereocenters. The van der Waals surface area contributed by atoms with Gasteiger partial charge in [-0.3, -0.25) is 9.91 Å². The van der Waals surface area contributed by atoms with Crippen LogP contribution in [0.25, 0.3) is 0 Å². The van der Waals surface area contributed by atoms with Crippen molar-refractivity contribution in [3.8, 4) is 11.5 Å². The van der Waals surface area contributed by atoms with Crippen LogP contribution in [0.5, 0.6) is 11.5 Å². The highest BCUT2D eigenvalue weighted by Gasteiger charge is 2.15. The van der Waals surface area contributed by atoms with E-state index in [9.17, 15) is 0 Å². The molecule has 32 heavy (non-hydrogen) atoms. The second-order valence-electron chi connectivity index (χ2n) is 7.79. The summed E-state index contributed by atoms with van der Waals surface area (Å²) in [6.45, 7) is 5.19. The lowest BCUT2D eigenvalue weighted by atomic mass is 10.2. The van der Waals surface area contributed by atoms with E-state index in [1.807, 2.05) is 66.9 Å². The Morgan fingerprint density at radius 2 is 1.62 bits per heavy atom. The first kappa shape index (κ1) is 22.2. The number of nitrogens with zero attached hydrogens (tertiary/aromatic N) is 3. The summed E-state index contributed by atoms with van der Waals surface area (Å²) in [5.41, 5.74) is 3.38. The maximum Gasteiger partial charge on any atom is 0.162 e. The molecule has 6 heteroatoms. The first-order valence-electron chi connectivity index (χ1n) is 10.8. The summed E-state index contributed by atoms with van der Waals surface area (Å²) in [6, 6.07) is 24.1. The molecular formula is C26H28ClN3O2. The Balaban J connectivity index is 1.31. The fourth-order valence-corrected chi connectivity index (χ4v) is 3.75. The standard InChI is InChI=1S/C26H28ClN3O2/c1-31-25-12-9-23(17-26(25)32-20-22-5-3-2-4-6-22)18-28-30-15-13-29(14-16-30)19-21-7-10-24(27)11-8-21/h2-12,17-18H,13-16,19-20H2,1H3. The highest BCUT2D eigenvalue weighted by molar-refractivity contribution is 6.30. The Hall–Kier alpha value is -3.02. The van der Waals surface area contributed by atoms with Crippen LogP contribution >= 0.6 is 11.6 Å². The van der Waals surface area contributed by atoms with E-state index in [0.717, 1.165) is 48.9 Å². The first-order chi connectivity index (χ1) is 15.7. The van der Waals surface area contributed by atoms with Crippen LogP contribution in [0.1, 0.15) is 16.7 Å². The highest BCUT2D eigenvalue weighted by atomic mass is 35.5. The van der Waals surface area contributed by atoms with Crippen molar-refractivity contribution >= 4 is 17.8 Å². The lowest BCUT2D eigenvalue weighted by Crippen LogP contribution is -2.43. The fourth-order valence-electron chi connectivity index (χ4n) is 3.63. The van der Waals surface area contributed by atoms with Crippen LogP contribution in [-0.2, 0) is 13.2 Å². The molecular weight excluding hydrogens is 422 g/mol. The van der Waals surface area contributed by atoms with Gasteiger partial charge in [-0.05, 0) is 47.0 Å². The van der Waals surface area contributed by atoms with Crippen molar-refractivity contribution in [2.24, 2.45) is 5.10 Å². The van der Waals surface area contributed by atoms with Gasteiger partial charge >= 0.3 is 0 Å². The molecule has 0 amide bonds. The molecule has 1 fully saturated rings. The van der Waals surface area contributed by atoms with Crippen LogP contribution < -0.4 is 9.47 Å². The van der Waals surface area contributed by atoms with Gasteiger partial charge in [-0.1, -0.05) is 54.1 Å². The molecule has 0 spiro atoms. The van der Waals surface area contributed by atoms with E-state index in [0.29, 0.717) is 18.1 Å². The third-order valence-electron chi connectivity index (χ3n) is 5.46. The van der Waals surface area contributed by atoms with Crippen molar-refractivity contribution < 1.29 is 9.47 Å². The van der Waals surface area contributed by atoms with Crippen LogP contribution in [0, 0.1) is 0 Å². The molecule has 0 saturated carbocycles. The molecule has 3 aromatic rings. The summed E-state index contributed by atoms with van der Waals surface area (Å²) < 4.78 is 11.5. The smallest absolute Gasteiger partial charge is 0.162 e. The number of ether oxygens (including phenoxy) is 2. The molecule has 0 bridgehead atoms. The van der Waals surface area contributed by atoms with E-state index in [-0.39, 0.29) is 0 Å². The van der Waals surface area contributed by atoms with Crippen LogP contribution in [0.2, 0.25) is 5.02 Å². The number of hydrogen-bond donors (Lipinski definition) is 0. The zero-order valence-electron chi connectivity index (χ0n) is 18.3. The quantitative estimate of drug-likeness (QED) is 0.449. The highest BCUT2D eigenvalue weighted by Crippen LogP contribution is 2.28. The summed E-state index contributed by atoms with van der Waals surface area (Å²) in [6.07, 6.45) is 1.89. The zero-order valence-corrected chi connectivity index (χ0v) is 19.0. The molecule has 0 aromatic heterocycles. The Morgan fingerprint density at radius 1 is 0.875 bits per heavy atom. The van der Waals surface area contributed by atoms with Crippen molar-refractivity contribution in [2.75, 3.05) is 33.3 Å². The van der Waals surface area contributed by atoms with Crippen LogP contribution in [0.15, 0.2) is 77.9 Å². The SMILES string of the molecule is COc1ccc(C=NN2CCN(Cc3ccc(Cl)cc3)CC2)cc1OCc1ccccc1. The van der Waals surface area contributed by atoms with Crippen LogP contribution in [0.3, 0.4) is 0 Å². The second-order valence-corrected chi connectivity index (χ2v) is 8.22. The molecule has 0 aliphatic carbocycles. The molecule has 0 N–H and O–H groups in total. The Labute approximate surface area is 194 Å². The lowest BCUT2D eigenvalue weighted by molar-refractivity contribution is 0.131. The van der Waals surface area contributed by atoms with Crippen molar-refractivity contribution in [2.45, 2.75) is 13.2 Å². The molecule has 0 atom stereocenters. The average Bonchev–Trinajstić information content (AvgIpc) is 2.84. The minimum atomic E-state index is 0.493. The van der Waals surface area contributed by atoms with Crippen LogP contribution in [-0.4, -0.2) is 49.4 Å². The maximum atomic E-state index is 6.01. The Bertz CT molecular complexity index is 1020. The van der Waals surface area contributed by atoms with Crippen molar-refractivity contribution in [3.05, 3.63) is 94.5 Å². The molecule has 1 aliphatic rings. The number of hydrogen-bond acceptors (Lipinski definition) is 5. The van der Waals surface area contributed by atoms with Gasteiger partial charge in [0.05, 0.1) is 13.3 Å². The summed E-state index contributed by atoms with van der Waals surface area (Å²) in [7, 11) is 1.65. The van der Waals surface area contributed by atoms with E-state index < -0.39 is 0 Å². The van der Waals surface area contributed by atoms with Gasteiger partial charge in [0.2, 0.25) is 0 Å². The maximum absolute atomic E-state index is 6.01. The molecule has 4 rings (SSSR count). The van der Waals surface area contributed by atoms with E-state index in [1.54, 1.807) is 7.11 Å². The summed E-state index contributed by atoms with van der Waals surface area (Å²) >= 11 is 5.98. The van der Waals surface area contributed by atoms with Crippen molar-refractivity contribution in [1.29, 1.82) is 0 Å². The minimum absolute atomic E-state index is 0.493. The number of rotatable bonds is 8. The van der Waals surface area contributed by atoms with Crippen molar-refractivity contribution in [3.63, 3.8) is 0 Å². The molecule has 1 saturated heterocycles. The van der Waals surface area contributed by atoms with Gasteiger partial charge in [0.15, 0.2) is 11.5 Å². The summed E-state index contributed by atoms with van der Waals surface area (Å²) in [4.78, 5) is 2.44. The largest absolute Gasteiger partial charge is 0.493 e. The molecule has 0 radical (unpaired) electrons. The Morgan fingerprint density at radius 3 is 2.34 bits per heavy atom.